The molecule has 0 spiro atoms. The van der Waals surface area contributed by atoms with E-state index in [1.165, 1.54) is 128 Å². The molecule has 430 valence electrons. The van der Waals surface area contributed by atoms with Crippen LogP contribution < -0.4 is 5.32 Å². The highest BCUT2D eigenvalue weighted by Crippen LogP contribution is 2.43. The van der Waals surface area contributed by atoms with Gasteiger partial charge in [0.15, 0.2) is 0 Å². The number of nitrogens with one attached hydrogen (secondary N) is 1. The van der Waals surface area contributed by atoms with E-state index in [1.807, 2.05) is 27.2 Å². The highest BCUT2D eigenvalue weighted by Gasteiger charge is 2.27. The highest BCUT2D eigenvalue weighted by molar-refractivity contribution is 7.47. The topological polar surface area (TPSA) is 105 Å². The molecular weight excluding hydrogens is 948 g/mol. The van der Waals surface area contributed by atoms with Gasteiger partial charge in [-0.25, -0.2) is 4.57 Å². The van der Waals surface area contributed by atoms with Crippen LogP contribution >= 0.6 is 7.82 Å². The predicted octanol–water partition coefficient (Wildman–Crippen LogP) is 18.9. The second-order valence-corrected chi connectivity index (χ2v) is 22.8. The van der Waals surface area contributed by atoms with E-state index in [-0.39, 0.29) is 19.1 Å². The molecule has 0 bridgehead atoms. The number of aliphatic hydroxyl groups is 1. The van der Waals surface area contributed by atoms with E-state index in [2.05, 4.69) is 129 Å². The third-order valence-electron chi connectivity index (χ3n) is 12.9. The molecule has 9 heteroatoms. The minimum Gasteiger partial charge on any atom is -0.387 e. The van der Waals surface area contributed by atoms with Crippen LogP contribution in [0.15, 0.2) is 122 Å². The van der Waals surface area contributed by atoms with Crippen molar-refractivity contribution in [2.24, 2.45) is 0 Å². The third-order valence-corrected chi connectivity index (χ3v) is 13.9. The Kier molecular flexibility index (Phi) is 53.3. The van der Waals surface area contributed by atoms with E-state index in [9.17, 15) is 19.4 Å². The van der Waals surface area contributed by atoms with Crippen molar-refractivity contribution in [3.05, 3.63) is 122 Å². The van der Waals surface area contributed by atoms with E-state index in [4.69, 9.17) is 9.05 Å². The normalized spacial score (nSPS) is 14.7. The zero-order valence-electron chi connectivity index (χ0n) is 49.0. The number of rotatable bonds is 54. The number of carbonyl (C=O) groups excluding carboxylic acids is 1. The van der Waals surface area contributed by atoms with Crippen LogP contribution in [0.25, 0.3) is 0 Å². The van der Waals surface area contributed by atoms with Gasteiger partial charge in [0, 0.05) is 6.42 Å². The van der Waals surface area contributed by atoms with Crippen LogP contribution in [-0.4, -0.2) is 73.4 Å². The average Bonchev–Trinajstić information content (AvgIpc) is 3.37. The molecule has 3 N–H and O–H groups in total. The molecule has 1 amide bonds. The number of hydrogen-bond acceptors (Lipinski definition) is 5. The van der Waals surface area contributed by atoms with Crippen LogP contribution in [0.4, 0.5) is 0 Å². The summed E-state index contributed by atoms with van der Waals surface area (Å²) in [6.45, 7) is 4.66. The smallest absolute Gasteiger partial charge is 0.387 e. The van der Waals surface area contributed by atoms with Crippen molar-refractivity contribution in [2.45, 2.75) is 251 Å². The number of aliphatic hydroxyl groups excluding tert-OH is 1. The number of amides is 1. The maximum Gasteiger partial charge on any atom is 0.472 e. The van der Waals surface area contributed by atoms with Gasteiger partial charge in [-0.2, -0.15) is 0 Å². The van der Waals surface area contributed by atoms with Crippen molar-refractivity contribution >= 4 is 13.7 Å². The predicted molar refractivity (Wildman–Crippen MR) is 327 cm³/mol. The number of hydrogen-bond donors (Lipinski definition) is 3. The minimum absolute atomic E-state index is 0.0517. The molecule has 0 fully saturated rings. The Balaban J connectivity index is 4.06. The maximum absolute atomic E-state index is 13.0. The zero-order valence-corrected chi connectivity index (χ0v) is 49.9. The van der Waals surface area contributed by atoms with Gasteiger partial charge in [-0.15, -0.1) is 0 Å². The minimum atomic E-state index is -4.36. The largest absolute Gasteiger partial charge is 0.472 e. The summed E-state index contributed by atoms with van der Waals surface area (Å²) in [5.41, 5.74) is 0. The first-order chi connectivity index (χ1) is 36.5. The Morgan fingerprint density at radius 1 is 0.467 bits per heavy atom. The Bertz CT molecular complexity index is 1630. The first-order valence-corrected chi connectivity index (χ1v) is 31.9. The van der Waals surface area contributed by atoms with Gasteiger partial charge in [-0.3, -0.25) is 13.8 Å². The van der Waals surface area contributed by atoms with Crippen LogP contribution in [0.2, 0.25) is 0 Å². The first kappa shape index (κ1) is 71.9. The molecule has 0 radical (unpaired) electrons. The van der Waals surface area contributed by atoms with Gasteiger partial charge in [-0.1, -0.05) is 257 Å². The monoisotopic (exact) mass is 1060 g/mol. The number of allylic oxidation sites excluding steroid dienone is 19. The van der Waals surface area contributed by atoms with Crippen molar-refractivity contribution < 1.29 is 32.9 Å². The number of phosphoric ester groups is 1. The van der Waals surface area contributed by atoms with Crippen LogP contribution in [0, 0.1) is 0 Å². The molecule has 0 saturated heterocycles. The molecule has 0 aliphatic rings. The van der Waals surface area contributed by atoms with Crippen molar-refractivity contribution in [2.75, 3.05) is 40.9 Å². The van der Waals surface area contributed by atoms with E-state index < -0.39 is 20.0 Å². The van der Waals surface area contributed by atoms with Gasteiger partial charge >= 0.3 is 7.82 Å². The van der Waals surface area contributed by atoms with E-state index in [0.29, 0.717) is 17.4 Å². The summed E-state index contributed by atoms with van der Waals surface area (Å²) in [7, 11) is 1.54. The van der Waals surface area contributed by atoms with Gasteiger partial charge in [0.2, 0.25) is 5.91 Å². The maximum atomic E-state index is 13.0. The van der Waals surface area contributed by atoms with E-state index in [1.54, 1.807) is 6.08 Å². The summed E-state index contributed by atoms with van der Waals surface area (Å²) in [4.78, 5) is 23.3. The highest BCUT2D eigenvalue weighted by atomic mass is 31.2. The summed E-state index contributed by atoms with van der Waals surface area (Å²) in [6.07, 6.45) is 83.2. The summed E-state index contributed by atoms with van der Waals surface area (Å²) in [6, 6.07) is -0.870. The fourth-order valence-electron chi connectivity index (χ4n) is 8.19. The quantitative estimate of drug-likeness (QED) is 0.0243. The van der Waals surface area contributed by atoms with Crippen molar-refractivity contribution in [1.82, 2.24) is 5.32 Å². The van der Waals surface area contributed by atoms with Crippen LogP contribution in [-0.2, 0) is 18.4 Å². The van der Waals surface area contributed by atoms with Crippen LogP contribution in [0.5, 0.6) is 0 Å². The molecule has 75 heavy (non-hydrogen) atoms. The molecule has 0 heterocycles. The summed E-state index contributed by atoms with van der Waals surface area (Å²) < 4.78 is 23.7. The molecule has 0 aliphatic heterocycles. The molecule has 0 rings (SSSR count). The van der Waals surface area contributed by atoms with Crippen molar-refractivity contribution in [1.29, 1.82) is 0 Å². The fraction of sp³-hybridized carbons (Fsp3) is 0.682. The summed E-state index contributed by atoms with van der Waals surface area (Å²) in [5.74, 6) is -0.192. The molecule has 3 unspecified atom stereocenters. The molecule has 0 saturated carbocycles. The van der Waals surface area contributed by atoms with Crippen molar-refractivity contribution in [3.63, 3.8) is 0 Å². The number of nitrogens with zero attached hydrogens (tertiary/aromatic N) is 1. The Labute approximate surface area is 463 Å². The lowest BCUT2D eigenvalue weighted by Gasteiger charge is -2.25. The Morgan fingerprint density at radius 2 is 0.813 bits per heavy atom. The second kappa shape index (κ2) is 55.6. The molecule has 0 aromatic heterocycles. The Morgan fingerprint density at radius 3 is 1.23 bits per heavy atom. The lowest BCUT2D eigenvalue weighted by atomic mass is 10.0. The molecular formula is C66H116N2O6P+. The molecule has 0 aromatic carbocycles. The zero-order chi connectivity index (χ0) is 54.9. The number of likely N-dealkylation sites (N-methyl/N-ethyl adjacent to an activating group) is 1. The first-order valence-electron chi connectivity index (χ1n) is 30.4. The van der Waals surface area contributed by atoms with Crippen molar-refractivity contribution in [3.8, 4) is 0 Å². The second-order valence-electron chi connectivity index (χ2n) is 21.3. The van der Waals surface area contributed by atoms with E-state index in [0.717, 1.165) is 89.9 Å². The lowest BCUT2D eigenvalue weighted by molar-refractivity contribution is -0.870. The van der Waals surface area contributed by atoms with Gasteiger partial charge in [0.1, 0.15) is 13.2 Å². The van der Waals surface area contributed by atoms with Gasteiger partial charge < -0.3 is 19.8 Å². The summed E-state index contributed by atoms with van der Waals surface area (Å²) in [5, 5.41) is 13.9. The number of quaternary nitrogens is 1. The molecule has 0 aliphatic carbocycles. The summed E-state index contributed by atoms with van der Waals surface area (Å²) >= 11 is 0. The SMILES string of the molecule is CC/C=C\C/C=C\C/C=C\C/C=C\C/C=C\C/C=C\C/C=C\C/C=C\CCCCCCCCCCCCCCCCC(=O)NC(COP(=O)(O)OCC[N+](C)(C)C)C(O)/C=C/CC/C=C/CCCCCCCCCC. The molecule has 3 atom stereocenters. The molecule has 8 nitrogen and oxygen atoms in total. The number of unbranched alkanes of at least 4 members (excludes halogenated alkanes) is 23. The number of phosphoric acid groups is 1. The molecule has 0 aromatic rings. The van der Waals surface area contributed by atoms with Gasteiger partial charge in [0.25, 0.3) is 0 Å². The third kappa shape index (κ3) is 58.4. The van der Waals surface area contributed by atoms with Crippen LogP contribution in [0.3, 0.4) is 0 Å². The number of carbonyl (C=O) groups is 1. The van der Waals surface area contributed by atoms with Gasteiger partial charge in [-0.05, 0) is 96.3 Å². The average molecular weight is 1060 g/mol. The standard InChI is InChI=1S/C66H115N2O6P/c1-6-8-10-12-14-16-18-20-22-23-24-25-26-27-28-29-30-31-32-33-34-35-36-37-38-39-40-41-42-43-44-45-46-48-50-52-54-56-58-60-66(70)67-64(63-74-75(71,72)73-62-61-68(3,4)5)65(69)59-57-55-53-51-49-47-21-19-17-15-13-11-9-7-2/h8,10,14,16,20,22,24-25,27-28,30-31,33-34,36-37,49,51,57,59,64-65,69H,6-7,9,11-13,15,17-19,21,23,26,29,32,35,38-48,50,52-56,58,60-63H2,1-5H3,(H-,67,70,71,72)/p+1/b10-8-,16-14-,22-20-,25-24-,28-27-,31-30-,34-33-,37-36-,51-49+,59-57+. The Hall–Kier alpha value is -3.10. The lowest BCUT2D eigenvalue weighted by Crippen LogP contribution is -2.45. The van der Waals surface area contributed by atoms with Crippen LogP contribution in [0.1, 0.15) is 239 Å². The van der Waals surface area contributed by atoms with Gasteiger partial charge in [0.05, 0.1) is 39.9 Å². The van der Waals surface area contributed by atoms with E-state index >= 15 is 0 Å². The fourth-order valence-corrected chi connectivity index (χ4v) is 8.93.